The molecule has 4 nitrogen and oxygen atoms in total. The molecular weight excluding hydrogens is 404 g/mol. The van der Waals surface area contributed by atoms with Gasteiger partial charge in [-0.2, -0.15) is 0 Å². The highest BCUT2D eigenvalue weighted by Gasteiger charge is 2.20. The van der Waals surface area contributed by atoms with Gasteiger partial charge in [-0.3, -0.25) is 4.90 Å². The number of ether oxygens (including phenoxy) is 1. The zero-order valence-corrected chi connectivity index (χ0v) is 18.1. The van der Waals surface area contributed by atoms with Gasteiger partial charge in [0.05, 0.1) is 6.61 Å². The first-order valence-corrected chi connectivity index (χ1v) is 11.2. The van der Waals surface area contributed by atoms with E-state index in [0.717, 1.165) is 54.3 Å². The topological polar surface area (TPSA) is 32.8 Å². The number of fused-ring (bicyclic) bond motifs is 1. The van der Waals surface area contributed by atoms with Crippen LogP contribution in [-0.2, 0) is 11.2 Å². The van der Waals surface area contributed by atoms with Gasteiger partial charge in [-0.05, 0) is 49.2 Å². The molecule has 6 heteroatoms. The molecule has 1 aliphatic rings. The lowest BCUT2D eigenvalue weighted by Gasteiger charge is -2.36. The third kappa shape index (κ3) is 4.74. The van der Waals surface area contributed by atoms with Gasteiger partial charge in [0.1, 0.15) is 4.88 Å². The highest BCUT2D eigenvalue weighted by Crippen LogP contribution is 2.34. The Morgan fingerprint density at radius 1 is 1.10 bits per heavy atom. The molecule has 3 aromatic rings. The molecule has 0 spiro atoms. The average molecular weight is 429 g/mol. The highest BCUT2D eigenvalue weighted by molar-refractivity contribution is 7.20. The number of rotatable bonds is 6. The summed E-state index contributed by atoms with van der Waals surface area (Å²) >= 11 is 7.48. The molecule has 0 saturated carbocycles. The second-order valence-corrected chi connectivity index (χ2v) is 8.75. The van der Waals surface area contributed by atoms with E-state index in [4.69, 9.17) is 16.3 Å². The van der Waals surface area contributed by atoms with Crippen molar-refractivity contribution in [2.45, 2.75) is 13.3 Å². The van der Waals surface area contributed by atoms with Crippen LogP contribution in [0.4, 0.5) is 5.69 Å². The van der Waals surface area contributed by atoms with Gasteiger partial charge < -0.3 is 9.64 Å². The first-order chi connectivity index (χ1) is 14.1. The van der Waals surface area contributed by atoms with Crippen LogP contribution in [0.1, 0.15) is 22.2 Å². The summed E-state index contributed by atoms with van der Waals surface area (Å²) in [6, 6.07) is 16.4. The lowest BCUT2D eigenvalue weighted by atomic mass is 10.1. The summed E-state index contributed by atoms with van der Waals surface area (Å²) in [7, 11) is 0. The number of halogens is 1. The molecule has 1 fully saturated rings. The van der Waals surface area contributed by atoms with Crippen molar-refractivity contribution in [1.82, 2.24) is 4.90 Å². The van der Waals surface area contributed by atoms with E-state index in [1.165, 1.54) is 22.6 Å². The molecule has 0 aliphatic carbocycles. The second kappa shape index (κ2) is 9.16. The van der Waals surface area contributed by atoms with Crippen LogP contribution < -0.4 is 4.90 Å². The second-order valence-electron chi connectivity index (χ2n) is 7.23. The Balaban J connectivity index is 1.39. The van der Waals surface area contributed by atoms with Crippen molar-refractivity contribution in [1.29, 1.82) is 0 Å². The van der Waals surface area contributed by atoms with Gasteiger partial charge in [-0.25, -0.2) is 4.79 Å². The van der Waals surface area contributed by atoms with Gasteiger partial charge in [0.25, 0.3) is 0 Å². The Kier molecular flexibility index (Phi) is 6.38. The fourth-order valence-corrected chi connectivity index (χ4v) is 4.88. The van der Waals surface area contributed by atoms with Crippen LogP contribution in [0.2, 0.25) is 5.02 Å². The standard InChI is InChI=1S/C23H25ClN2O2S/c1-2-28-23(27)22-16-19-20(4-3-5-21(19)29-22)26-14-12-25(13-15-26)11-10-17-6-8-18(24)9-7-17/h3-9,16H,2,10-15H2,1H3. The first kappa shape index (κ1) is 20.2. The van der Waals surface area contributed by atoms with Gasteiger partial charge in [0, 0.05) is 53.5 Å². The monoisotopic (exact) mass is 428 g/mol. The summed E-state index contributed by atoms with van der Waals surface area (Å²) in [5, 5.41) is 1.94. The Morgan fingerprint density at radius 2 is 1.86 bits per heavy atom. The van der Waals surface area contributed by atoms with Crippen LogP contribution >= 0.6 is 22.9 Å². The summed E-state index contributed by atoms with van der Waals surface area (Å²) in [6.07, 6.45) is 1.04. The number of hydrogen-bond donors (Lipinski definition) is 0. The first-order valence-electron chi connectivity index (χ1n) is 10.1. The highest BCUT2D eigenvalue weighted by atomic mass is 35.5. The number of carbonyl (C=O) groups is 1. The van der Waals surface area contributed by atoms with Gasteiger partial charge >= 0.3 is 5.97 Å². The quantitative estimate of drug-likeness (QED) is 0.511. The Morgan fingerprint density at radius 3 is 2.59 bits per heavy atom. The summed E-state index contributed by atoms with van der Waals surface area (Å²) in [5.74, 6) is -0.230. The van der Waals surface area contributed by atoms with Gasteiger partial charge in [-0.1, -0.05) is 29.8 Å². The van der Waals surface area contributed by atoms with Crippen molar-refractivity contribution in [3.05, 3.63) is 64.0 Å². The number of piperazine rings is 1. The van der Waals surface area contributed by atoms with Crippen LogP contribution in [-0.4, -0.2) is 50.2 Å². The van der Waals surface area contributed by atoms with Gasteiger partial charge in [0.15, 0.2) is 0 Å². The average Bonchev–Trinajstić information content (AvgIpc) is 3.19. The largest absolute Gasteiger partial charge is 0.462 e. The van der Waals surface area contributed by atoms with E-state index in [2.05, 4.69) is 40.1 Å². The predicted octanol–water partition coefficient (Wildman–Crippen LogP) is 5.10. The fraction of sp³-hybridized carbons (Fsp3) is 0.348. The molecule has 152 valence electrons. The van der Waals surface area contributed by atoms with E-state index in [9.17, 15) is 4.79 Å². The Bertz CT molecular complexity index is 978. The number of anilines is 1. The molecule has 0 atom stereocenters. The molecule has 0 radical (unpaired) electrons. The minimum Gasteiger partial charge on any atom is -0.462 e. The van der Waals surface area contributed by atoms with Crippen LogP contribution in [0.5, 0.6) is 0 Å². The van der Waals surface area contributed by atoms with Crippen molar-refractivity contribution < 1.29 is 9.53 Å². The maximum atomic E-state index is 12.1. The lowest BCUT2D eigenvalue weighted by molar-refractivity contribution is 0.0532. The van der Waals surface area contributed by atoms with Crippen molar-refractivity contribution >= 4 is 44.7 Å². The lowest BCUT2D eigenvalue weighted by Crippen LogP contribution is -2.47. The molecule has 4 rings (SSSR count). The molecule has 29 heavy (non-hydrogen) atoms. The minimum absolute atomic E-state index is 0.230. The van der Waals surface area contributed by atoms with E-state index in [1.54, 1.807) is 0 Å². The van der Waals surface area contributed by atoms with Crippen LogP contribution in [0.25, 0.3) is 10.1 Å². The van der Waals surface area contributed by atoms with E-state index >= 15 is 0 Å². The van der Waals surface area contributed by atoms with Gasteiger partial charge in [0.2, 0.25) is 0 Å². The molecule has 0 amide bonds. The Labute approximate surface area is 180 Å². The zero-order valence-electron chi connectivity index (χ0n) is 16.6. The molecule has 1 aliphatic heterocycles. The fourth-order valence-electron chi connectivity index (χ4n) is 3.77. The molecule has 2 aromatic carbocycles. The number of nitrogens with zero attached hydrogens (tertiary/aromatic N) is 2. The predicted molar refractivity (Wildman–Crippen MR) is 122 cm³/mol. The SMILES string of the molecule is CCOC(=O)c1cc2c(N3CCN(CCc4ccc(Cl)cc4)CC3)cccc2s1. The maximum Gasteiger partial charge on any atom is 0.348 e. The molecule has 0 N–H and O–H groups in total. The number of benzene rings is 2. The molecular formula is C23H25ClN2O2S. The van der Waals surface area contributed by atoms with E-state index < -0.39 is 0 Å². The summed E-state index contributed by atoms with van der Waals surface area (Å²) in [4.78, 5) is 17.7. The summed E-state index contributed by atoms with van der Waals surface area (Å²) in [5.41, 5.74) is 2.54. The smallest absolute Gasteiger partial charge is 0.348 e. The van der Waals surface area contributed by atoms with Crippen molar-refractivity contribution in [3.8, 4) is 0 Å². The summed E-state index contributed by atoms with van der Waals surface area (Å²) in [6.45, 7) is 7.36. The van der Waals surface area contributed by atoms with Gasteiger partial charge in [-0.15, -0.1) is 11.3 Å². The molecule has 2 heterocycles. The number of thiophene rings is 1. The van der Waals surface area contributed by atoms with Crippen molar-refractivity contribution in [2.24, 2.45) is 0 Å². The summed E-state index contributed by atoms with van der Waals surface area (Å²) < 4.78 is 6.31. The number of carbonyl (C=O) groups excluding carboxylic acids is 1. The third-order valence-corrected chi connectivity index (χ3v) is 6.69. The molecule has 1 saturated heterocycles. The number of hydrogen-bond acceptors (Lipinski definition) is 5. The van der Waals surface area contributed by atoms with E-state index in [1.807, 2.05) is 25.1 Å². The van der Waals surface area contributed by atoms with Crippen molar-refractivity contribution in [2.75, 3.05) is 44.2 Å². The minimum atomic E-state index is -0.230. The van der Waals surface area contributed by atoms with Crippen molar-refractivity contribution in [3.63, 3.8) is 0 Å². The maximum absolute atomic E-state index is 12.1. The van der Waals surface area contributed by atoms with E-state index in [-0.39, 0.29) is 5.97 Å². The van der Waals surface area contributed by atoms with Crippen LogP contribution in [0.3, 0.4) is 0 Å². The van der Waals surface area contributed by atoms with Crippen LogP contribution in [0.15, 0.2) is 48.5 Å². The van der Waals surface area contributed by atoms with Crippen LogP contribution in [0, 0.1) is 0 Å². The van der Waals surface area contributed by atoms with E-state index in [0.29, 0.717) is 11.5 Å². The zero-order chi connectivity index (χ0) is 20.2. The normalized spacial score (nSPS) is 15.0. The molecule has 0 unspecified atom stereocenters. The molecule has 1 aromatic heterocycles. The molecule has 0 bridgehead atoms. The Hall–Kier alpha value is -2.08. The third-order valence-electron chi connectivity index (χ3n) is 5.36. The number of esters is 1.